The van der Waals surface area contributed by atoms with Crippen molar-refractivity contribution in [2.45, 2.75) is 39.5 Å². The number of halogens is 3. The first kappa shape index (κ1) is 16.6. The minimum absolute atomic E-state index is 0. The summed E-state index contributed by atoms with van der Waals surface area (Å²) in [6.07, 6.45) is 4.32. The Hall–Kier alpha value is -1.47. The quantitative estimate of drug-likeness (QED) is 0.855. The monoisotopic (exact) mass is 305 g/mol. The molecule has 0 bridgehead atoms. The first-order chi connectivity index (χ1) is 9.20. The van der Waals surface area contributed by atoms with E-state index in [1.54, 1.807) is 6.07 Å². The van der Waals surface area contributed by atoms with E-state index in [-0.39, 0.29) is 12.4 Å². The topological polar surface area (TPSA) is 47.7 Å². The van der Waals surface area contributed by atoms with Crippen LogP contribution in [-0.4, -0.2) is 19.6 Å². The molecular weight excluding hydrogens is 288 g/mol. The third-order valence-corrected chi connectivity index (χ3v) is 2.70. The first-order valence-corrected chi connectivity index (χ1v) is 6.24. The highest BCUT2D eigenvalue weighted by Gasteiger charge is 2.10. The Balaban J connectivity index is 0.00000200. The van der Waals surface area contributed by atoms with Gasteiger partial charge in [0.05, 0.1) is 11.4 Å². The van der Waals surface area contributed by atoms with Crippen LogP contribution in [0.5, 0.6) is 0 Å². The van der Waals surface area contributed by atoms with Crippen molar-refractivity contribution in [2.24, 2.45) is 0 Å². The van der Waals surface area contributed by atoms with Crippen LogP contribution >= 0.6 is 12.4 Å². The molecule has 0 fully saturated rings. The SMILES string of the molecule is CCCn1ccc(CNCc2ccnn2C(F)F)n1.Cl. The molecule has 0 aliphatic carbocycles. The Labute approximate surface area is 122 Å². The summed E-state index contributed by atoms with van der Waals surface area (Å²) in [5, 5.41) is 11.0. The molecule has 20 heavy (non-hydrogen) atoms. The number of nitrogens with one attached hydrogen (secondary N) is 1. The van der Waals surface area contributed by atoms with Crippen LogP contribution in [0.2, 0.25) is 0 Å². The van der Waals surface area contributed by atoms with Gasteiger partial charge < -0.3 is 5.32 Å². The van der Waals surface area contributed by atoms with E-state index in [1.807, 2.05) is 16.9 Å². The molecule has 0 aliphatic rings. The summed E-state index contributed by atoms with van der Waals surface area (Å²) in [5.41, 5.74) is 1.36. The molecule has 0 radical (unpaired) electrons. The van der Waals surface area contributed by atoms with Gasteiger partial charge in [-0.15, -0.1) is 12.4 Å². The first-order valence-electron chi connectivity index (χ1n) is 6.24. The largest absolute Gasteiger partial charge is 0.333 e. The number of aryl methyl sites for hydroxylation is 1. The highest BCUT2D eigenvalue weighted by atomic mass is 35.5. The van der Waals surface area contributed by atoms with Crippen molar-refractivity contribution in [3.05, 3.63) is 35.9 Å². The number of hydrogen-bond donors (Lipinski definition) is 1. The fraction of sp³-hybridized carbons (Fsp3) is 0.500. The van der Waals surface area contributed by atoms with Crippen LogP contribution < -0.4 is 5.32 Å². The molecule has 112 valence electrons. The van der Waals surface area contributed by atoms with Gasteiger partial charge in [0.25, 0.3) is 0 Å². The minimum Gasteiger partial charge on any atom is -0.305 e. The van der Waals surface area contributed by atoms with Gasteiger partial charge in [-0.05, 0) is 18.6 Å². The molecule has 0 aromatic carbocycles. The second-order valence-electron chi connectivity index (χ2n) is 4.22. The zero-order valence-electron chi connectivity index (χ0n) is 11.2. The Morgan fingerprint density at radius 2 is 2.10 bits per heavy atom. The molecule has 5 nitrogen and oxygen atoms in total. The van der Waals surface area contributed by atoms with Crippen LogP contribution in [0.25, 0.3) is 0 Å². The van der Waals surface area contributed by atoms with E-state index in [9.17, 15) is 8.78 Å². The van der Waals surface area contributed by atoms with E-state index >= 15 is 0 Å². The predicted octanol–water partition coefficient (Wildman–Crippen LogP) is 2.60. The van der Waals surface area contributed by atoms with Crippen LogP contribution in [0.3, 0.4) is 0 Å². The molecule has 8 heteroatoms. The standard InChI is InChI=1S/C12H17F2N5.ClH/c1-2-6-18-7-4-10(17-18)8-15-9-11-3-5-16-19(11)12(13)14;/h3-5,7,12,15H,2,6,8-9H2,1H3;1H. The number of alkyl halides is 2. The van der Waals surface area contributed by atoms with Crippen molar-refractivity contribution in [1.29, 1.82) is 0 Å². The van der Waals surface area contributed by atoms with Gasteiger partial charge in [0.1, 0.15) is 0 Å². The van der Waals surface area contributed by atoms with Gasteiger partial charge in [0, 0.05) is 32.0 Å². The Morgan fingerprint density at radius 3 is 2.80 bits per heavy atom. The zero-order valence-corrected chi connectivity index (χ0v) is 12.0. The van der Waals surface area contributed by atoms with Crippen LogP contribution in [-0.2, 0) is 19.6 Å². The Bertz CT molecular complexity index is 511. The molecule has 0 saturated carbocycles. The lowest BCUT2D eigenvalue weighted by Crippen LogP contribution is -2.17. The average molecular weight is 306 g/mol. The number of nitrogens with zero attached hydrogens (tertiary/aromatic N) is 4. The second kappa shape index (κ2) is 7.96. The normalized spacial score (nSPS) is 10.8. The molecule has 2 aromatic heterocycles. The van der Waals surface area contributed by atoms with E-state index in [4.69, 9.17) is 0 Å². The van der Waals surface area contributed by atoms with Crippen molar-refractivity contribution in [3.8, 4) is 0 Å². The second-order valence-corrected chi connectivity index (χ2v) is 4.22. The molecule has 2 heterocycles. The molecule has 0 spiro atoms. The molecule has 0 aliphatic heterocycles. The summed E-state index contributed by atoms with van der Waals surface area (Å²) >= 11 is 0. The highest BCUT2D eigenvalue weighted by Crippen LogP contribution is 2.11. The molecular formula is C12H18ClF2N5. The summed E-state index contributed by atoms with van der Waals surface area (Å²) in [6, 6.07) is 3.50. The maximum absolute atomic E-state index is 12.6. The average Bonchev–Trinajstić information content (AvgIpc) is 2.99. The van der Waals surface area contributed by atoms with Crippen LogP contribution in [0, 0.1) is 0 Å². The lowest BCUT2D eigenvalue weighted by atomic mass is 10.4. The number of aromatic nitrogens is 4. The molecule has 1 N–H and O–H groups in total. The molecule has 2 rings (SSSR count). The lowest BCUT2D eigenvalue weighted by molar-refractivity contribution is 0.0531. The minimum atomic E-state index is -2.60. The van der Waals surface area contributed by atoms with Crippen molar-refractivity contribution < 1.29 is 8.78 Å². The van der Waals surface area contributed by atoms with Gasteiger partial charge >= 0.3 is 6.55 Å². The molecule has 0 unspecified atom stereocenters. The number of hydrogen-bond acceptors (Lipinski definition) is 3. The predicted molar refractivity (Wildman–Crippen MR) is 73.8 cm³/mol. The lowest BCUT2D eigenvalue weighted by Gasteiger charge is -2.06. The van der Waals surface area contributed by atoms with E-state index in [2.05, 4.69) is 22.4 Å². The third kappa shape index (κ3) is 4.28. The van der Waals surface area contributed by atoms with Crippen molar-refractivity contribution in [3.63, 3.8) is 0 Å². The van der Waals surface area contributed by atoms with Gasteiger partial charge in [0.15, 0.2) is 0 Å². The Kier molecular flexibility index (Phi) is 6.60. The summed E-state index contributed by atoms with van der Waals surface area (Å²) < 4.78 is 27.7. The van der Waals surface area contributed by atoms with Gasteiger partial charge in [0.2, 0.25) is 0 Å². The van der Waals surface area contributed by atoms with Gasteiger partial charge in [-0.25, -0.2) is 4.68 Å². The van der Waals surface area contributed by atoms with Crippen LogP contribution in [0.1, 0.15) is 31.3 Å². The summed E-state index contributed by atoms with van der Waals surface area (Å²) in [4.78, 5) is 0. The smallest absolute Gasteiger partial charge is 0.305 e. The fourth-order valence-electron chi connectivity index (χ4n) is 1.83. The highest BCUT2D eigenvalue weighted by molar-refractivity contribution is 5.85. The van der Waals surface area contributed by atoms with Crippen molar-refractivity contribution in [1.82, 2.24) is 24.9 Å². The van der Waals surface area contributed by atoms with E-state index in [0.717, 1.165) is 18.7 Å². The maximum Gasteiger partial charge on any atom is 0.333 e. The fourth-order valence-corrected chi connectivity index (χ4v) is 1.83. The summed E-state index contributed by atoms with van der Waals surface area (Å²) in [5.74, 6) is 0. The molecule has 0 atom stereocenters. The van der Waals surface area contributed by atoms with E-state index in [1.165, 1.54) is 6.20 Å². The van der Waals surface area contributed by atoms with E-state index in [0.29, 0.717) is 23.5 Å². The van der Waals surface area contributed by atoms with Gasteiger partial charge in [-0.3, -0.25) is 4.68 Å². The molecule has 0 saturated heterocycles. The maximum atomic E-state index is 12.6. The number of rotatable bonds is 7. The molecule has 2 aromatic rings. The van der Waals surface area contributed by atoms with E-state index < -0.39 is 6.55 Å². The van der Waals surface area contributed by atoms with Gasteiger partial charge in [-0.1, -0.05) is 6.92 Å². The zero-order chi connectivity index (χ0) is 13.7. The van der Waals surface area contributed by atoms with Gasteiger partial charge in [-0.2, -0.15) is 19.0 Å². The third-order valence-electron chi connectivity index (χ3n) is 2.70. The summed E-state index contributed by atoms with van der Waals surface area (Å²) in [7, 11) is 0. The van der Waals surface area contributed by atoms with Crippen LogP contribution in [0.4, 0.5) is 8.78 Å². The van der Waals surface area contributed by atoms with Crippen molar-refractivity contribution in [2.75, 3.05) is 0 Å². The van der Waals surface area contributed by atoms with Crippen LogP contribution in [0.15, 0.2) is 24.5 Å². The summed E-state index contributed by atoms with van der Waals surface area (Å²) in [6.45, 7) is 1.26. The Morgan fingerprint density at radius 1 is 1.30 bits per heavy atom. The molecule has 0 amide bonds. The van der Waals surface area contributed by atoms with Crippen molar-refractivity contribution >= 4 is 12.4 Å².